The maximum Gasteiger partial charge on any atom is 0.137 e. The molecule has 0 aliphatic heterocycles. The van der Waals surface area contributed by atoms with E-state index in [4.69, 9.17) is 4.42 Å². The Kier molecular flexibility index (Phi) is 2.88. The first-order valence-electron chi connectivity index (χ1n) is 4.34. The minimum Gasteiger partial charge on any atom is -0.472 e. The smallest absolute Gasteiger partial charge is 0.137 e. The van der Waals surface area contributed by atoms with E-state index < -0.39 is 11.9 Å². The van der Waals surface area contributed by atoms with Gasteiger partial charge in [0.1, 0.15) is 11.9 Å². The second-order valence-electron chi connectivity index (χ2n) is 3.10. The SMILES string of the molecule is OC(c1ccoc1)c1cccc(F)c1Br. The number of rotatable bonds is 2. The average Bonchev–Trinajstić information content (AvgIpc) is 2.74. The molecule has 0 amide bonds. The number of halogens is 2. The molecule has 1 atom stereocenters. The molecule has 0 saturated carbocycles. The van der Waals surface area contributed by atoms with Gasteiger partial charge in [0, 0.05) is 11.1 Å². The first-order valence-corrected chi connectivity index (χ1v) is 5.13. The van der Waals surface area contributed by atoms with E-state index in [1.165, 1.54) is 18.6 Å². The fourth-order valence-corrected chi connectivity index (χ4v) is 1.82. The summed E-state index contributed by atoms with van der Waals surface area (Å²) in [5.74, 6) is -0.393. The third-order valence-corrected chi connectivity index (χ3v) is 2.97. The molecule has 0 bridgehead atoms. The topological polar surface area (TPSA) is 33.4 Å². The number of furan rings is 1. The van der Waals surface area contributed by atoms with E-state index >= 15 is 0 Å². The zero-order valence-corrected chi connectivity index (χ0v) is 9.24. The predicted octanol–water partition coefficient (Wildman–Crippen LogP) is 3.26. The number of hydrogen-bond acceptors (Lipinski definition) is 2. The monoisotopic (exact) mass is 270 g/mol. The average molecular weight is 271 g/mol. The molecular formula is C11H8BrFO2. The molecular weight excluding hydrogens is 263 g/mol. The van der Waals surface area contributed by atoms with Gasteiger partial charge in [-0.2, -0.15) is 0 Å². The number of hydrogen-bond donors (Lipinski definition) is 1. The molecule has 2 rings (SSSR count). The normalized spacial score (nSPS) is 12.7. The molecule has 15 heavy (non-hydrogen) atoms. The highest BCUT2D eigenvalue weighted by molar-refractivity contribution is 9.10. The van der Waals surface area contributed by atoms with Crippen LogP contribution in [0.4, 0.5) is 4.39 Å². The second-order valence-corrected chi connectivity index (χ2v) is 3.90. The first kappa shape index (κ1) is 10.4. The third-order valence-electron chi connectivity index (χ3n) is 2.13. The Morgan fingerprint density at radius 1 is 1.33 bits per heavy atom. The Balaban J connectivity index is 2.42. The van der Waals surface area contributed by atoms with Crippen molar-refractivity contribution in [3.05, 3.63) is 58.2 Å². The van der Waals surface area contributed by atoms with Crippen LogP contribution in [0.3, 0.4) is 0 Å². The highest BCUT2D eigenvalue weighted by Crippen LogP contribution is 2.30. The van der Waals surface area contributed by atoms with E-state index in [0.717, 1.165) is 0 Å². The maximum absolute atomic E-state index is 13.2. The molecule has 0 aliphatic rings. The molecule has 1 unspecified atom stereocenters. The zero-order chi connectivity index (χ0) is 10.8. The van der Waals surface area contributed by atoms with Crippen LogP contribution in [0, 0.1) is 5.82 Å². The summed E-state index contributed by atoms with van der Waals surface area (Å²) < 4.78 is 18.3. The van der Waals surface area contributed by atoms with E-state index in [0.29, 0.717) is 11.1 Å². The molecule has 1 aromatic carbocycles. The fraction of sp³-hybridized carbons (Fsp3) is 0.0909. The second kappa shape index (κ2) is 4.16. The molecule has 1 N–H and O–H groups in total. The molecule has 1 heterocycles. The summed E-state index contributed by atoms with van der Waals surface area (Å²) in [6, 6.07) is 6.18. The van der Waals surface area contributed by atoms with Crippen LogP contribution in [0.1, 0.15) is 17.2 Å². The summed E-state index contributed by atoms with van der Waals surface area (Å²) in [7, 11) is 0. The molecule has 0 spiro atoms. The predicted molar refractivity (Wildman–Crippen MR) is 56.9 cm³/mol. The van der Waals surface area contributed by atoms with E-state index in [-0.39, 0.29) is 4.47 Å². The first-order chi connectivity index (χ1) is 7.20. The summed E-state index contributed by atoms with van der Waals surface area (Å²) in [4.78, 5) is 0. The summed E-state index contributed by atoms with van der Waals surface area (Å²) in [6.45, 7) is 0. The van der Waals surface area contributed by atoms with E-state index in [1.807, 2.05) is 0 Å². The molecule has 0 saturated heterocycles. The summed E-state index contributed by atoms with van der Waals surface area (Å²) >= 11 is 3.10. The molecule has 0 radical (unpaired) electrons. The van der Waals surface area contributed by atoms with Crippen molar-refractivity contribution >= 4 is 15.9 Å². The zero-order valence-electron chi connectivity index (χ0n) is 7.65. The van der Waals surface area contributed by atoms with Crippen LogP contribution in [0.5, 0.6) is 0 Å². The van der Waals surface area contributed by atoms with Gasteiger partial charge < -0.3 is 9.52 Å². The van der Waals surface area contributed by atoms with Gasteiger partial charge in [-0.25, -0.2) is 4.39 Å². The lowest BCUT2D eigenvalue weighted by Crippen LogP contribution is -2.00. The molecule has 0 fully saturated rings. The van der Waals surface area contributed by atoms with E-state index in [1.54, 1.807) is 18.2 Å². The Bertz CT molecular complexity index is 454. The third kappa shape index (κ3) is 1.96. The largest absolute Gasteiger partial charge is 0.472 e. The van der Waals surface area contributed by atoms with Crippen molar-refractivity contribution < 1.29 is 13.9 Å². The van der Waals surface area contributed by atoms with Crippen LogP contribution in [0.15, 0.2) is 45.7 Å². The Morgan fingerprint density at radius 3 is 2.80 bits per heavy atom. The van der Waals surface area contributed by atoms with Gasteiger partial charge in [-0.3, -0.25) is 0 Å². The summed E-state index contributed by atoms with van der Waals surface area (Å²) in [5.41, 5.74) is 1.08. The quantitative estimate of drug-likeness (QED) is 0.909. The van der Waals surface area contributed by atoms with Crippen molar-refractivity contribution in [1.29, 1.82) is 0 Å². The van der Waals surface area contributed by atoms with Gasteiger partial charge >= 0.3 is 0 Å². The van der Waals surface area contributed by atoms with Crippen LogP contribution in [-0.4, -0.2) is 5.11 Å². The lowest BCUT2D eigenvalue weighted by Gasteiger charge is -2.10. The highest BCUT2D eigenvalue weighted by atomic mass is 79.9. The molecule has 2 nitrogen and oxygen atoms in total. The van der Waals surface area contributed by atoms with Gasteiger partial charge in [-0.15, -0.1) is 0 Å². The van der Waals surface area contributed by atoms with Crippen molar-refractivity contribution in [3.8, 4) is 0 Å². The van der Waals surface area contributed by atoms with Crippen LogP contribution >= 0.6 is 15.9 Å². The van der Waals surface area contributed by atoms with Gasteiger partial charge in [0.05, 0.1) is 17.0 Å². The van der Waals surface area contributed by atoms with Crippen molar-refractivity contribution in [2.24, 2.45) is 0 Å². The minimum absolute atomic E-state index is 0.277. The molecule has 4 heteroatoms. The van der Waals surface area contributed by atoms with Gasteiger partial charge in [0.2, 0.25) is 0 Å². The molecule has 2 aromatic rings. The van der Waals surface area contributed by atoms with Crippen LogP contribution in [0.25, 0.3) is 0 Å². The van der Waals surface area contributed by atoms with Crippen LogP contribution < -0.4 is 0 Å². The number of aliphatic hydroxyl groups excluding tert-OH is 1. The summed E-state index contributed by atoms with van der Waals surface area (Å²) in [5, 5.41) is 9.93. The summed E-state index contributed by atoms with van der Waals surface area (Å²) in [6.07, 6.45) is 2.02. The Morgan fingerprint density at radius 2 is 2.13 bits per heavy atom. The molecule has 1 aromatic heterocycles. The minimum atomic E-state index is -0.881. The van der Waals surface area contributed by atoms with E-state index in [2.05, 4.69) is 15.9 Å². The highest BCUT2D eigenvalue weighted by Gasteiger charge is 2.16. The van der Waals surface area contributed by atoms with Gasteiger partial charge in [0.25, 0.3) is 0 Å². The number of benzene rings is 1. The van der Waals surface area contributed by atoms with Crippen molar-refractivity contribution in [2.75, 3.05) is 0 Å². The Labute approximate surface area is 94.5 Å². The van der Waals surface area contributed by atoms with Crippen molar-refractivity contribution in [1.82, 2.24) is 0 Å². The van der Waals surface area contributed by atoms with Gasteiger partial charge in [-0.05, 0) is 28.1 Å². The van der Waals surface area contributed by atoms with Gasteiger partial charge in [0.15, 0.2) is 0 Å². The van der Waals surface area contributed by atoms with Crippen LogP contribution in [0.2, 0.25) is 0 Å². The van der Waals surface area contributed by atoms with Crippen LogP contribution in [-0.2, 0) is 0 Å². The Hall–Kier alpha value is -1.13. The lowest BCUT2D eigenvalue weighted by molar-refractivity contribution is 0.218. The standard InChI is InChI=1S/C11H8BrFO2/c12-10-8(2-1-3-9(10)13)11(14)7-4-5-15-6-7/h1-6,11,14H. The van der Waals surface area contributed by atoms with Gasteiger partial charge in [-0.1, -0.05) is 12.1 Å². The number of aliphatic hydroxyl groups is 1. The lowest BCUT2D eigenvalue weighted by atomic mass is 10.0. The van der Waals surface area contributed by atoms with E-state index in [9.17, 15) is 9.50 Å². The molecule has 0 aliphatic carbocycles. The fourth-order valence-electron chi connectivity index (χ4n) is 1.34. The van der Waals surface area contributed by atoms with Crippen molar-refractivity contribution in [2.45, 2.75) is 6.10 Å². The maximum atomic E-state index is 13.2. The molecule has 78 valence electrons. The van der Waals surface area contributed by atoms with Crippen molar-refractivity contribution in [3.63, 3.8) is 0 Å².